The SMILES string of the molecule is O=C(N[C@H](CN1CCCC1)[C@H](O)c1ccc2c(c1F)OCCO2)[C@@H]1CCN(c2ccc(Cl)cc2)C1. The van der Waals surface area contributed by atoms with Gasteiger partial charge in [-0.15, -0.1) is 0 Å². The maximum atomic E-state index is 15.3. The lowest BCUT2D eigenvalue weighted by molar-refractivity contribution is -0.126. The maximum absolute atomic E-state index is 15.3. The summed E-state index contributed by atoms with van der Waals surface area (Å²) in [6.45, 7) is 4.20. The number of ether oxygens (including phenoxy) is 2. The highest BCUT2D eigenvalue weighted by molar-refractivity contribution is 6.30. The van der Waals surface area contributed by atoms with E-state index >= 15 is 4.39 Å². The van der Waals surface area contributed by atoms with Gasteiger partial charge in [0.2, 0.25) is 5.91 Å². The molecule has 2 aromatic rings. The third kappa shape index (κ3) is 5.34. The molecule has 3 heterocycles. The first-order valence-corrected chi connectivity index (χ1v) is 12.7. The van der Waals surface area contributed by atoms with E-state index in [0.29, 0.717) is 36.9 Å². The molecule has 0 bridgehead atoms. The molecule has 188 valence electrons. The zero-order valence-electron chi connectivity index (χ0n) is 19.6. The van der Waals surface area contributed by atoms with Gasteiger partial charge >= 0.3 is 0 Å². The zero-order valence-corrected chi connectivity index (χ0v) is 20.3. The lowest BCUT2D eigenvalue weighted by atomic mass is 9.98. The standard InChI is InChI=1S/C26H31ClFN3O4/c27-18-3-5-19(6-4-18)31-12-9-17(15-31)26(33)29-21(16-30-10-1-2-11-30)24(32)20-7-8-22-25(23(20)28)35-14-13-34-22/h3-8,17,21,24,32H,1-2,9-16H2,(H,29,33)/t17-,21-,24-/m1/s1. The fourth-order valence-corrected chi connectivity index (χ4v) is 5.30. The highest BCUT2D eigenvalue weighted by Crippen LogP contribution is 2.37. The first-order valence-electron chi connectivity index (χ1n) is 12.3. The first kappa shape index (κ1) is 24.2. The summed E-state index contributed by atoms with van der Waals surface area (Å²) in [6, 6.07) is 10.1. The normalized spacial score (nSPS) is 21.7. The van der Waals surface area contributed by atoms with Gasteiger partial charge in [0.05, 0.1) is 12.0 Å². The Balaban J connectivity index is 1.31. The average molecular weight is 504 g/mol. The topological polar surface area (TPSA) is 74.3 Å². The van der Waals surface area contributed by atoms with E-state index in [1.165, 1.54) is 6.07 Å². The van der Waals surface area contributed by atoms with Gasteiger partial charge in [-0.1, -0.05) is 11.6 Å². The Morgan fingerprint density at radius 3 is 2.63 bits per heavy atom. The van der Waals surface area contributed by atoms with Gasteiger partial charge < -0.3 is 29.7 Å². The number of amides is 1. The number of aliphatic hydroxyl groups excluding tert-OH is 1. The lowest BCUT2D eigenvalue weighted by Gasteiger charge is -2.30. The van der Waals surface area contributed by atoms with Crippen LogP contribution < -0.4 is 19.7 Å². The van der Waals surface area contributed by atoms with E-state index in [1.54, 1.807) is 6.07 Å². The van der Waals surface area contributed by atoms with E-state index in [0.717, 1.165) is 38.2 Å². The molecule has 0 unspecified atom stereocenters. The van der Waals surface area contributed by atoms with Crippen molar-refractivity contribution < 1.29 is 23.8 Å². The lowest BCUT2D eigenvalue weighted by Crippen LogP contribution is -2.49. The van der Waals surface area contributed by atoms with Crippen LogP contribution in [0.2, 0.25) is 5.02 Å². The number of carbonyl (C=O) groups is 1. The summed E-state index contributed by atoms with van der Waals surface area (Å²) in [5.74, 6) is -0.622. The van der Waals surface area contributed by atoms with E-state index in [2.05, 4.69) is 15.1 Å². The number of rotatable bonds is 7. The first-order chi connectivity index (χ1) is 17.0. The van der Waals surface area contributed by atoms with Crippen LogP contribution in [0, 0.1) is 11.7 Å². The second-order valence-electron chi connectivity index (χ2n) is 9.47. The van der Waals surface area contributed by atoms with Crippen LogP contribution in [0.1, 0.15) is 30.9 Å². The van der Waals surface area contributed by atoms with Crippen molar-refractivity contribution in [3.63, 3.8) is 0 Å². The van der Waals surface area contributed by atoms with E-state index < -0.39 is 18.0 Å². The molecule has 5 rings (SSSR count). The molecule has 35 heavy (non-hydrogen) atoms. The Morgan fingerprint density at radius 1 is 1.11 bits per heavy atom. The highest BCUT2D eigenvalue weighted by atomic mass is 35.5. The van der Waals surface area contributed by atoms with E-state index in [9.17, 15) is 9.90 Å². The van der Waals surface area contributed by atoms with Crippen molar-refractivity contribution in [2.24, 2.45) is 5.92 Å². The summed E-state index contributed by atoms with van der Waals surface area (Å²) in [6.07, 6.45) is 1.64. The Morgan fingerprint density at radius 2 is 1.86 bits per heavy atom. The number of hydrogen-bond donors (Lipinski definition) is 2. The van der Waals surface area contributed by atoms with Gasteiger partial charge in [-0.05, 0) is 68.8 Å². The molecule has 0 aliphatic carbocycles. The number of fused-ring (bicyclic) bond motifs is 1. The predicted molar refractivity (Wildman–Crippen MR) is 132 cm³/mol. The van der Waals surface area contributed by atoms with Gasteiger partial charge in [0.25, 0.3) is 0 Å². The molecule has 9 heteroatoms. The second kappa shape index (κ2) is 10.6. The molecule has 0 spiro atoms. The van der Waals surface area contributed by atoms with Crippen LogP contribution >= 0.6 is 11.6 Å². The Labute approximate surface area is 209 Å². The summed E-state index contributed by atoms with van der Waals surface area (Å²) in [7, 11) is 0. The third-order valence-corrected chi connectivity index (χ3v) is 7.36. The molecule has 3 atom stereocenters. The molecular formula is C26H31ClFN3O4. The Hall–Kier alpha value is -2.55. The molecule has 0 aromatic heterocycles. The number of benzene rings is 2. The molecule has 2 saturated heterocycles. The van der Waals surface area contributed by atoms with Crippen LogP contribution in [0.4, 0.5) is 10.1 Å². The Bertz CT molecular complexity index is 1050. The minimum atomic E-state index is -1.22. The largest absolute Gasteiger partial charge is 0.486 e. The number of aliphatic hydroxyl groups is 1. The Kier molecular flexibility index (Phi) is 7.32. The number of hydrogen-bond acceptors (Lipinski definition) is 6. The fourth-order valence-electron chi connectivity index (χ4n) is 5.17. The molecule has 3 aliphatic heterocycles. The number of halogens is 2. The molecule has 0 radical (unpaired) electrons. The molecule has 2 fully saturated rings. The maximum Gasteiger partial charge on any atom is 0.225 e. The summed E-state index contributed by atoms with van der Waals surface area (Å²) >= 11 is 6.00. The van der Waals surface area contributed by atoms with Crippen molar-refractivity contribution in [2.75, 3.05) is 50.8 Å². The summed E-state index contributed by atoms with van der Waals surface area (Å²) in [5, 5.41) is 15.0. The molecule has 3 aliphatic rings. The second-order valence-corrected chi connectivity index (χ2v) is 9.91. The highest BCUT2D eigenvalue weighted by Gasteiger charge is 2.34. The number of carbonyl (C=O) groups excluding carboxylic acids is 1. The quantitative estimate of drug-likeness (QED) is 0.603. The summed E-state index contributed by atoms with van der Waals surface area (Å²) < 4.78 is 26.2. The fraction of sp³-hybridized carbons (Fsp3) is 0.500. The van der Waals surface area contributed by atoms with Crippen LogP contribution in [0.25, 0.3) is 0 Å². The molecular weight excluding hydrogens is 473 g/mol. The van der Waals surface area contributed by atoms with Crippen LogP contribution in [0.15, 0.2) is 36.4 Å². The summed E-state index contributed by atoms with van der Waals surface area (Å²) in [4.78, 5) is 17.7. The van der Waals surface area contributed by atoms with Crippen molar-refractivity contribution >= 4 is 23.2 Å². The van der Waals surface area contributed by atoms with Crippen molar-refractivity contribution in [1.29, 1.82) is 0 Å². The number of likely N-dealkylation sites (tertiary alicyclic amines) is 1. The average Bonchev–Trinajstić information content (AvgIpc) is 3.57. The van der Waals surface area contributed by atoms with Crippen LogP contribution in [-0.2, 0) is 4.79 Å². The third-order valence-electron chi connectivity index (χ3n) is 7.11. The minimum Gasteiger partial charge on any atom is -0.486 e. The number of nitrogens with one attached hydrogen (secondary N) is 1. The van der Waals surface area contributed by atoms with Crippen molar-refractivity contribution in [3.05, 3.63) is 52.8 Å². The molecule has 2 aromatic carbocycles. The van der Waals surface area contributed by atoms with Gasteiger partial charge in [-0.25, -0.2) is 4.39 Å². The van der Waals surface area contributed by atoms with Crippen LogP contribution in [0.5, 0.6) is 11.5 Å². The van der Waals surface area contributed by atoms with E-state index in [-0.39, 0.29) is 29.7 Å². The zero-order chi connectivity index (χ0) is 24.4. The van der Waals surface area contributed by atoms with Crippen LogP contribution in [0.3, 0.4) is 0 Å². The molecule has 1 amide bonds. The van der Waals surface area contributed by atoms with Gasteiger partial charge in [0.15, 0.2) is 17.3 Å². The van der Waals surface area contributed by atoms with Crippen molar-refractivity contribution in [3.8, 4) is 11.5 Å². The van der Waals surface area contributed by atoms with Gasteiger partial charge in [-0.3, -0.25) is 4.79 Å². The van der Waals surface area contributed by atoms with E-state index in [4.69, 9.17) is 21.1 Å². The monoisotopic (exact) mass is 503 g/mol. The van der Waals surface area contributed by atoms with Crippen molar-refractivity contribution in [2.45, 2.75) is 31.4 Å². The number of anilines is 1. The number of nitrogens with zero attached hydrogens (tertiary/aromatic N) is 2. The van der Waals surface area contributed by atoms with Crippen LogP contribution in [-0.4, -0.2) is 67.9 Å². The summed E-state index contributed by atoms with van der Waals surface area (Å²) in [5.41, 5.74) is 1.13. The van der Waals surface area contributed by atoms with Gasteiger partial charge in [0, 0.05) is 35.9 Å². The smallest absolute Gasteiger partial charge is 0.225 e. The minimum absolute atomic E-state index is 0.0217. The molecule has 2 N–H and O–H groups in total. The van der Waals surface area contributed by atoms with E-state index in [1.807, 2.05) is 24.3 Å². The molecule has 7 nitrogen and oxygen atoms in total. The van der Waals surface area contributed by atoms with Gasteiger partial charge in [0.1, 0.15) is 19.3 Å². The predicted octanol–water partition coefficient (Wildman–Crippen LogP) is 3.39. The van der Waals surface area contributed by atoms with Gasteiger partial charge in [-0.2, -0.15) is 0 Å². The van der Waals surface area contributed by atoms with Crippen molar-refractivity contribution in [1.82, 2.24) is 10.2 Å². The molecule has 0 saturated carbocycles.